The Morgan fingerprint density at radius 2 is 1.90 bits per heavy atom. The third-order valence-corrected chi connectivity index (χ3v) is 4.89. The van der Waals surface area contributed by atoms with Crippen LogP contribution in [0.2, 0.25) is 0 Å². The minimum absolute atomic E-state index is 0.154. The Kier molecular flexibility index (Phi) is 5.92. The fraction of sp³-hybridized carbons (Fsp3) is 0.476. The molecule has 1 aliphatic carbocycles. The number of urea groups is 1. The number of morpholine rings is 1. The molecule has 1 saturated carbocycles. The van der Waals surface area contributed by atoms with Crippen molar-refractivity contribution in [2.45, 2.75) is 25.4 Å². The molecule has 2 aromatic rings. The van der Waals surface area contributed by atoms with Crippen molar-refractivity contribution < 1.29 is 9.53 Å². The molecule has 0 bridgehead atoms. The molecular formula is C21H28N6O2. The van der Waals surface area contributed by atoms with Crippen molar-refractivity contribution >= 4 is 17.5 Å². The van der Waals surface area contributed by atoms with Crippen LogP contribution in [0.1, 0.15) is 18.5 Å². The van der Waals surface area contributed by atoms with Crippen LogP contribution in [0.25, 0.3) is 11.4 Å². The van der Waals surface area contributed by atoms with Crippen molar-refractivity contribution in [2.24, 2.45) is 0 Å². The van der Waals surface area contributed by atoms with Crippen LogP contribution in [0.5, 0.6) is 0 Å². The predicted octanol–water partition coefficient (Wildman–Crippen LogP) is 2.33. The van der Waals surface area contributed by atoms with E-state index >= 15 is 0 Å². The van der Waals surface area contributed by atoms with Gasteiger partial charge in [0.25, 0.3) is 0 Å². The summed E-state index contributed by atoms with van der Waals surface area (Å²) in [5.41, 5.74) is 2.66. The van der Waals surface area contributed by atoms with Gasteiger partial charge in [0.05, 0.1) is 18.9 Å². The van der Waals surface area contributed by atoms with Gasteiger partial charge in [-0.05, 0) is 51.2 Å². The Balaban J connectivity index is 1.54. The molecule has 0 atom stereocenters. The SMILES string of the molecule is CN(C)Cc1cc(N2CCOCC2)nc(-c2ccc(NC(=O)NC3CC3)cc2)n1. The van der Waals surface area contributed by atoms with Gasteiger partial charge < -0.3 is 25.2 Å². The number of aromatic nitrogens is 2. The first-order valence-corrected chi connectivity index (χ1v) is 10.1. The van der Waals surface area contributed by atoms with Crippen LogP contribution in [-0.4, -0.2) is 67.3 Å². The molecule has 0 spiro atoms. The number of nitrogens with one attached hydrogen (secondary N) is 2. The molecule has 2 fully saturated rings. The van der Waals surface area contributed by atoms with Crippen LogP contribution in [0.3, 0.4) is 0 Å². The maximum atomic E-state index is 11.9. The standard InChI is InChI=1S/C21H28N6O2/c1-26(2)14-18-13-19(27-9-11-29-12-10-27)25-20(22-18)15-3-5-16(6-4-15)23-21(28)24-17-7-8-17/h3-6,13,17H,7-12,14H2,1-2H3,(H2,23,24,28). The number of carbonyl (C=O) groups excluding carboxylic acids is 1. The van der Waals surface area contributed by atoms with E-state index in [2.05, 4.69) is 26.5 Å². The first-order chi connectivity index (χ1) is 14.1. The van der Waals surface area contributed by atoms with Gasteiger partial charge in [0.1, 0.15) is 5.82 Å². The van der Waals surface area contributed by atoms with Gasteiger partial charge in [0.15, 0.2) is 5.82 Å². The second-order valence-corrected chi connectivity index (χ2v) is 7.83. The predicted molar refractivity (Wildman–Crippen MR) is 113 cm³/mol. The maximum absolute atomic E-state index is 11.9. The maximum Gasteiger partial charge on any atom is 0.319 e. The van der Waals surface area contributed by atoms with Gasteiger partial charge in [-0.25, -0.2) is 14.8 Å². The van der Waals surface area contributed by atoms with Crippen LogP contribution in [0.15, 0.2) is 30.3 Å². The summed E-state index contributed by atoms with van der Waals surface area (Å²) in [4.78, 5) is 25.8. The summed E-state index contributed by atoms with van der Waals surface area (Å²) >= 11 is 0. The van der Waals surface area contributed by atoms with Gasteiger partial charge in [-0.1, -0.05) is 0 Å². The zero-order valence-electron chi connectivity index (χ0n) is 17.0. The number of nitrogens with zero attached hydrogens (tertiary/aromatic N) is 4. The molecule has 8 heteroatoms. The van der Waals surface area contributed by atoms with Crippen molar-refractivity contribution in [3.8, 4) is 11.4 Å². The largest absolute Gasteiger partial charge is 0.378 e. The van der Waals surface area contributed by atoms with E-state index in [0.29, 0.717) is 25.1 Å². The number of benzene rings is 1. The molecule has 29 heavy (non-hydrogen) atoms. The molecule has 8 nitrogen and oxygen atoms in total. The van der Waals surface area contributed by atoms with E-state index in [9.17, 15) is 4.79 Å². The minimum Gasteiger partial charge on any atom is -0.378 e. The molecule has 1 aromatic heterocycles. The lowest BCUT2D eigenvalue weighted by Gasteiger charge is -2.28. The second-order valence-electron chi connectivity index (χ2n) is 7.83. The first kappa shape index (κ1) is 19.6. The van der Waals surface area contributed by atoms with Gasteiger partial charge in [0.2, 0.25) is 0 Å². The van der Waals surface area contributed by atoms with Gasteiger partial charge in [-0.2, -0.15) is 0 Å². The number of amides is 2. The zero-order chi connectivity index (χ0) is 20.2. The molecule has 1 aliphatic heterocycles. The fourth-order valence-corrected chi connectivity index (χ4v) is 3.25. The Labute approximate surface area is 171 Å². The molecule has 2 aliphatic rings. The fourth-order valence-electron chi connectivity index (χ4n) is 3.25. The van der Waals surface area contributed by atoms with E-state index in [1.54, 1.807) is 0 Å². The highest BCUT2D eigenvalue weighted by Gasteiger charge is 2.23. The Bertz CT molecular complexity index is 845. The molecule has 0 radical (unpaired) electrons. The van der Waals surface area contributed by atoms with Gasteiger partial charge in [-0.3, -0.25) is 0 Å². The smallest absolute Gasteiger partial charge is 0.319 e. The number of rotatable bonds is 6. The number of hydrogen-bond acceptors (Lipinski definition) is 6. The van der Waals surface area contributed by atoms with Crippen molar-refractivity contribution in [3.63, 3.8) is 0 Å². The van der Waals surface area contributed by atoms with E-state index in [0.717, 1.165) is 55.2 Å². The molecule has 2 heterocycles. The zero-order valence-corrected chi connectivity index (χ0v) is 17.0. The quantitative estimate of drug-likeness (QED) is 0.780. The lowest BCUT2D eigenvalue weighted by Crippen LogP contribution is -2.37. The molecule has 1 aromatic carbocycles. The highest BCUT2D eigenvalue weighted by molar-refractivity contribution is 5.89. The molecule has 2 amide bonds. The van der Waals surface area contributed by atoms with Crippen molar-refractivity contribution in [2.75, 3.05) is 50.6 Å². The van der Waals surface area contributed by atoms with Crippen LogP contribution in [-0.2, 0) is 11.3 Å². The Morgan fingerprint density at radius 1 is 1.17 bits per heavy atom. The van der Waals surface area contributed by atoms with Crippen molar-refractivity contribution in [1.82, 2.24) is 20.2 Å². The van der Waals surface area contributed by atoms with Crippen molar-refractivity contribution in [1.29, 1.82) is 0 Å². The topological polar surface area (TPSA) is 82.6 Å². The average Bonchev–Trinajstić information content (AvgIpc) is 3.52. The van der Waals surface area contributed by atoms with E-state index in [4.69, 9.17) is 14.7 Å². The number of ether oxygens (including phenoxy) is 1. The van der Waals surface area contributed by atoms with Crippen LogP contribution < -0.4 is 15.5 Å². The summed E-state index contributed by atoms with van der Waals surface area (Å²) in [5.74, 6) is 1.63. The van der Waals surface area contributed by atoms with Crippen LogP contribution >= 0.6 is 0 Å². The molecule has 2 N–H and O–H groups in total. The Hall–Kier alpha value is -2.71. The molecule has 154 valence electrons. The van der Waals surface area contributed by atoms with Gasteiger partial charge in [0, 0.05) is 43.0 Å². The van der Waals surface area contributed by atoms with Gasteiger partial charge in [-0.15, -0.1) is 0 Å². The van der Waals surface area contributed by atoms with E-state index in [1.165, 1.54) is 0 Å². The lowest BCUT2D eigenvalue weighted by molar-refractivity contribution is 0.122. The van der Waals surface area contributed by atoms with E-state index < -0.39 is 0 Å². The normalized spacial score (nSPS) is 16.7. The number of anilines is 2. The summed E-state index contributed by atoms with van der Waals surface area (Å²) in [6.45, 7) is 3.83. The molecule has 1 saturated heterocycles. The molecule has 4 rings (SSSR count). The summed E-state index contributed by atoms with van der Waals surface area (Å²) in [6, 6.07) is 9.92. The highest BCUT2D eigenvalue weighted by Crippen LogP contribution is 2.23. The lowest BCUT2D eigenvalue weighted by atomic mass is 10.2. The Morgan fingerprint density at radius 3 is 2.55 bits per heavy atom. The summed E-state index contributed by atoms with van der Waals surface area (Å²) in [7, 11) is 4.06. The number of carbonyl (C=O) groups is 1. The average molecular weight is 396 g/mol. The highest BCUT2D eigenvalue weighted by atomic mass is 16.5. The van der Waals surface area contributed by atoms with E-state index in [1.807, 2.05) is 38.4 Å². The second kappa shape index (κ2) is 8.75. The number of hydrogen-bond donors (Lipinski definition) is 2. The molecule has 0 unspecified atom stereocenters. The summed E-state index contributed by atoms with van der Waals surface area (Å²) < 4.78 is 5.47. The van der Waals surface area contributed by atoms with Crippen molar-refractivity contribution in [3.05, 3.63) is 36.0 Å². The van der Waals surface area contributed by atoms with E-state index in [-0.39, 0.29) is 6.03 Å². The summed E-state index contributed by atoms with van der Waals surface area (Å²) in [6.07, 6.45) is 2.14. The minimum atomic E-state index is -0.154. The third-order valence-electron chi connectivity index (χ3n) is 4.89. The third kappa shape index (κ3) is 5.42. The van der Waals surface area contributed by atoms with Crippen LogP contribution in [0, 0.1) is 0 Å². The van der Waals surface area contributed by atoms with Crippen LogP contribution in [0.4, 0.5) is 16.3 Å². The first-order valence-electron chi connectivity index (χ1n) is 10.1. The van der Waals surface area contributed by atoms with Gasteiger partial charge >= 0.3 is 6.03 Å². The molecular weight excluding hydrogens is 368 g/mol. The summed E-state index contributed by atoms with van der Waals surface area (Å²) in [5, 5.41) is 5.80. The monoisotopic (exact) mass is 396 g/mol.